The smallest absolute Gasteiger partial charge is 0.147 e. The second-order valence-corrected chi connectivity index (χ2v) is 5.52. The van der Waals surface area contributed by atoms with Crippen LogP contribution in [-0.2, 0) is 6.61 Å². The predicted octanol–water partition coefficient (Wildman–Crippen LogP) is 5.08. The molecule has 2 nitrogen and oxygen atoms in total. The second kappa shape index (κ2) is 5.79. The molecule has 0 amide bonds. The van der Waals surface area contributed by atoms with E-state index >= 15 is 0 Å². The minimum absolute atomic E-state index is 0.112. The van der Waals surface area contributed by atoms with Gasteiger partial charge in [0.15, 0.2) is 0 Å². The second-order valence-electron chi connectivity index (χ2n) is 5.52. The van der Waals surface area contributed by atoms with Crippen LogP contribution >= 0.6 is 0 Å². The van der Waals surface area contributed by atoms with E-state index in [4.69, 9.17) is 4.74 Å². The molecule has 3 aromatic rings. The zero-order chi connectivity index (χ0) is 15.7. The van der Waals surface area contributed by atoms with Crippen molar-refractivity contribution in [3.05, 3.63) is 65.9 Å². The Morgan fingerprint density at radius 3 is 2.45 bits per heavy atom. The van der Waals surface area contributed by atoms with Gasteiger partial charge >= 0.3 is 0 Å². The Hall–Kier alpha value is -2.36. The molecule has 3 rings (SSSR count). The lowest BCUT2D eigenvalue weighted by Gasteiger charge is -2.15. The molecule has 22 heavy (non-hydrogen) atoms. The molecule has 0 unspecified atom stereocenters. The van der Waals surface area contributed by atoms with Crippen molar-refractivity contribution in [2.45, 2.75) is 26.5 Å². The zero-order valence-electron chi connectivity index (χ0n) is 12.5. The fourth-order valence-electron chi connectivity index (χ4n) is 2.68. The maximum absolute atomic E-state index is 14.1. The minimum Gasteiger partial charge on any atom is -0.487 e. The first-order valence-electron chi connectivity index (χ1n) is 7.23. The molecule has 0 aliphatic carbocycles. The van der Waals surface area contributed by atoms with Gasteiger partial charge in [-0.3, -0.25) is 0 Å². The molecule has 0 bridgehead atoms. The Labute approximate surface area is 127 Å². The maximum atomic E-state index is 14.1. The van der Waals surface area contributed by atoms with Gasteiger partial charge in [0, 0.05) is 11.4 Å². The highest BCUT2D eigenvalue weighted by atomic mass is 19.1. The van der Waals surface area contributed by atoms with E-state index in [9.17, 15) is 8.78 Å². The van der Waals surface area contributed by atoms with E-state index in [2.05, 4.69) is 0 Å². The van der Waals surface area contributed by atoms with Crippen LogP contribution in [0.25, 0.3) is 10.9 Å². The molecular formula is C18H17F2NO. The van der Waals surface area contributed by atoms with Crippen molar-refractivity contribution < 1.29 is 13.5 Å². The third kappa shape index (κ3) is 2.69. The number of benzene rings is 2. The van der Waals surface area contributed by atoms with Gasteiger partial charge in [-0.15, -0.1) is 0 Å². The average molecular weight is 301 g/mol. The van der Waals surface area contributed by atoms with Crippen LogP contribution in [0.2, 0.25) is 0 Å². The van der Waals surface area contributed by atoms with Gasteiger partial charge in [-0.2, -0.15) is 0 Å². The zero-order valence-corrected chi connectivity index (χ0v) is 12.5. The summed E-state index contributed by atoms with van der Waals surface area (Å²) < 4.78 is 34.7. The normalized spacial score (nSPS) is 11.3. The van der Waals surface area contributed by atoms with Gasteiger partial charge in [-0.05, 0) is 50.2 Å². The van der Waals surface area contributed by atoms with Crippen LogP contribution in [0.5, 0.6) is 5.75 Å². The monoisotopic (exact) mass is 301 g/mol. The van der Waals surface area contributed by atoms with Crippen LogP contribution < -0.4 is 4.74 Å². The Bertz CT molecular complexity index is 791. The highest BCUT2D eigenvalue weighted by Crippen LogP contribution is 2.27. The summed E-state index contributed by atoms with van der Waals surface area (Å²) >= 11 is 0. The molecule has 1 heterocycles. The molecule has 0 N–H and O–H groups in total. The molecule has 1 aromatic heterocycles. The Balaban J connectivity index is 1.94. The van der Waals surface area contributed by atoms with Gasteiger partial charge in [0.1, 0.15) is 24.0 Å². The molecule has 0 fully saturated rings. The number of hydrogen-bond acceptors (Lipinski definition) is 1. The molecule has 0 saturated heterocycles. The number of fused-ring (bicyclic) bond motifs is 1. The van der Waals surface area contributed by atoms with Gasteiger partial charge in [0.2, 0.25) is 0 Å². The highest BCUT2D eigenvalue weighted by Gasteiger charge is 2.15. The van der Waals surface area contributed by atoms with E-state index in [1.807, 2.05) is 30.5 Å². The van der Waals surface area contributed by atoms with E-state index in [0.717, 1.165) is 11.1 Å². The Morgan fingerprint density at radius 2 is 1.77 bits per heavy atom. The van der Waals surface area contributed by atoms with Gasteiger partial charge in [-0.1, -0.05) is 12.1 Å². The topological polar surface area (TPSA) is 14.2 Å². The molecule has 0 spiro atoms. The summed E-state index contributed by atoms with van der Waals surface area (Å²) in [6, 6.07) is 13.0. The van der Waals surface area contributed by atoms with E-state index < -0.39 is 0 Å². The molecule has 0 aliphatic heterocycles. The molecular weight excluding hydrogens is 284 g/mol. The third-order valence-corrected chi connectivity index (χ3v) is 3.61. The van der Waals surface area contributed by atoms with Gasteiger partial charge < -0.3 is 9.30 Å². The fraction of sp³-hybridized carbons (Fsp3) is 0.222. The Kier molecular flexibility index (Phi) is 3.84. The fourth-order valence-corrected chi connectivity index (χ4v) is 2.68. The predicted molar refractivity (Wildman–Crippen MR) is 83.0 cm³/mol. The molecule has 0 aliphatic rings. The summed E-state index contributed by atoms with van der Waals surface area (Å²) in [5, 5.41) is 0.853. The van der Waals surface area contributed by atoms with E-state index in [0.29, 0.717) is 17.9 Å². The molecule has 0 radical (unpaired) electrons. The first-order chi connectivity index (χ1) is 10.6. The van der Waals surface area contributed by atoms with Crippen molar-refractivity contribution in [1.82, 2.24) is 4.57 Å². The minimum atomic E-state index is -0.300. The van der Waals surface area contributed by atoms with E-state index in [1.54, 1.807) is 18.2 Å². The van der Waals surface area contributed by atoms with Gasteiger partial charge in [0.25, 0.3) is 0 Å². The van der Waals surface area contributed by atoms with Crippen molar-refractivity contribution in [2.75, 3.05) is 0 Å². The summed E-state index contributed by atoms with van der Waals surface area (Å²) in [6.07, 6.45) is 0. The van der Waals surface area contributed by atoms with Crippen molar-refractivity contribution >= 4 is 10.9 Å². The SMILES string of the molecule is CC(C)n1c(COc2ccc(F)cc2)cc2cccc(F)c21. The number of rotatable bonds is 4. The number of aromatic nitrogens is 1. The van der Waals surface area contributed by atoms with Crippen molar-refractivity contribution in [1.29, 1.82) is 0 Å². The Morgan fingerprint density at radius 1 is 1.05 bits per heavy atom. The van der Waals surface area contributed by atoms with E-state index in [-0.39, 0.29) is 17.7 Å². The summed E-state index contributed by atoms with van der Waals surface area (Å²) in [6.45, 7) is 4.32. The maximum Gasteiger partial charge on any atom is 0.147 e. The summed E-state index contributed by atoms with van der Waals surface area (Å²) in [5.41, 5.74) is 1.48. The highest BCUT2D eigenvalue weighted by molar-refractivity contribution is 5.82. The summed E-state index contributed by atoms with van der Waals surface area (Å²) in [5.74, 6) is 0.0485. The van der Waals surface area contributed by atoms with Crippen molar-refractivity contribution in [3.8, 4) is 5.75 Å². The lowest BCUT2D eigenvalue weighted by Crippen LogP contribution is -2.09. The standard InChI is InChI=1S/C18H17F2NO/c1-12(2)21-15(10-13-4-3-5-17(20)18(13)21)11-22-16-8-6-14(19)7-9-16/h3-10,12H,11H2,1-2H3. The van der Waals surface area contributed by atoms with Crippen LogP contribution in [0.4, 0.5) is 8.78 Å². The quantitative estimate of drug-likeness (QED) is 0.655. The number of para-hydroxylation sites is 1. The van der Waals surface area contributed by atoms with Crippen molar-refractivity contribution in [3.63, 3.8) is 0 Å². The molecule has 0 atom stereocenters. The van der Waals surface area contributed by atoms with Crippen molar-refractivity contribution in [2.24, 2.45) is 0 Å². The number of nitrogens with zero attached hydrogens (tertiary/aromatic N) is 1. The van der Waals surface area contributed by atoms with Crippen LogP contribution in [-0.4, -0.2) is 4.57 Å². The molecule has 0 saturated carbocycles. The molecule has 4 heteroatoms. The number of hydrogen-bond donors (Lipinski definition) is 0. The van der Waals surface area contributed by atoms with Crippen LogP contribution in [0.15, 0.2) is 48.5 Å². The number of ether oxygens (including phenoxy) is 1. The molecule has 114 valence electrons. The summed E-state index contributed by atoms with van der Waals surface area (Å²) in [4.78, 5) is 0. The average Bonchev–Trinajstić information content (AvgIpc) is 2.87. The lowest BCUT2D eigenvalue weighted by molar-refractivity contribution is 0.292. The molecule has 2 aromatic carbocycles. The van der Waals surface area contributed by atoms with E-state index in [1.165, 1.54) is 18.2 Å². The number of halogens is 2. The first-order valence-corrected chi connectivity index (χ1v) is 7.23. The van der Waals surface area contributed by atoms with Crippen LogP contribution in [0.3, 0.4) is 0 Å². The van der Waals surface area contributed by atoms with Crippen LogP contribution in [0.1, 0.15) is 25.6 Å². The lowest BCUT2D eigenvalue weighted by atomic mass is 10.2. The van der Waals surface area contributed by atoms with Gasteiger partial charge in [0.05, 0.1) is 11.2 Å². The largest absolute Gasteiger partial charge is 0.487 e. The first kappa shape index (κ1) is 14.6. The van der Waals surface area contributed by atoms with Gasteiger partial charge in [-0.25, -0.2) is 8.78 Å². The summed E-state index contributed by atoms with van der Waals surface area (Å²) in [7, 11) is 0. The third-order valence-electron chi connectivity index (χ3n) is 3.61. The van der Waals surface area contributed by atoms with Crippen LogP contribution in [0, 0.1) is 11.6 Å².